The first-order valence-corrected chi connectivity index (χ1v) is 8.83. The predicted molar refractivity (Wildman–Crippen MR) is 93.4 cm³/mol. The highest BCUT2D eigenvalue weighted by molar-refractivity contribution is 5.85. The molecule has 6 nitrogen and oxygen atoms in total. The van der Waals surface area contributed by atoms with Crippen molar-refractivity contribution in [2.24, 2.45) is 11.8 Å². The van der Waals surface area contributed by atoms with Gasteiger partial charge in [-0.25, -0.2) is 0 Å². The third kappa shape index (κ3) is 4.12. The number of nitrogens with zero attached hydrogens (tertiary/aromatic N) is 1. The molecule has 2 atom stereocenters. The van der Waals surface area contributed by atoms with E-state index in [9.17, 15) is 9.59 Å². The van der Waals surface area contributed by atoms with Gasteiger partial charge in [0.2, 0.25) is 11.8 Å². The van der Waals surface area contributed by atoms with E-state index in [0.717, 1.165) is 24.2 Å². The molecular formula is C19H26N2O4. The molecule has 0 aromatic heterocycles. The smallest absolute Gasteiger partial charge is 0.225 e. The highest BCUT2D eigenvalue weighted by atomic mass is 16.5. The lowest BCUT2D eigenvalue weighted by atomic mass is 9.88. The molecule has 1 aromatic rings. The number of ether oxygens (including phenoxy) is 2. The van der Waals surface area contributed by atoms with Crippen LogP contribution in [-0.2, 0) is 14.3 Å². The summed E-state index contributed by atoms with van der Waals surface area (Å²) >= 11 is 0. The van der Waals surface area contributed by atoms with Gasteiger partial charge < -0.3 is 19.7 Å². The highest BCUT2D eigenvalue weighted by Crippen LogP contribution is 2.38. The Morgan fingerprint density at radius 1 is 1.16 bits per heavy atom. The Bertz CT molecular complexity index is 612. The lowest BCUT2D eigenvalue weighted by Gasteiger charge is -2.18. The summed E-state index contributed by atoms with van der Waals surface area (Å²) < 4.78 is 10.2. The maximum absolute atomic E-state index is 12.7. The van der Waals surface area contributed by atoms with E-state index in [4.69, 9.17) is 9.47 Å². The van der Waals surface area contributed by atoms with E-state index in [1.807, 2.05) is 29.2 Å². The molecule has 0 radical (unpaired) electrons. The molecule has 1 saturated heterocycles. The van der Waals surface area contributed by atoms with Gasteiger partial charge in [-0.1, -0.05) is 12.1 Å². The minimum Gasteiger partial charge on any atom is -0.497 e. The molecule has 2 amide bonds. The van der Waals surface area contributed by atoms with E-state index in [1.54, 1.807) is 14.2 Å². The van der Waals surface area contributed by atoms with Crippen molar-refractivity contribution in [1.29, 1.82) is 0 Å². The number of carbonyl (C=O) groups excluding carboxylic acids is 2. The van der Waals surface area contributed by atoms with Crippen molar-refractivity contribution in [3.63, 3.8) is 0 Å². The fourth-order valence-electron chi connectivity index (χ4n) is 3.43. The van der Waals surface area contributed by atoms with Crippen molar-refractivity contribution >= 4 is 11.8 Å². The monoisotopic (exact) mass is 346 g/mol. The van der Waals surface area contributed by atoms with Crippen molar-refractivity contribution in [2.45, 2.75) is 18.8 Å². The fourth-order valence-corrected chi connectivity index (χ4v) is 3.43. The summed E-state index contributed by atoms with van der Waals surface area (Å²) in [6, 6.07) is 7.79. The number of likely N-dealkylation sites (tertiary alicyclic amines) is 1. The molecule has 1 aliphatic heterocycles. The predicted octanol–water partition coefficient (Wildman–Crippen LogP) is 1.41. The number of benzene rings is 1. The van der Waals surface area contributed by atoms with Gasteiger partial charge in [-0.05, 0) is 30.5 Å². The normalized spacial score (nSPS) is 22.7. The number of nitrogens with one attached hydrogen (secondary N) is 1. The minimum absolute atomic E-state index is 0.0102. The summed E-state index contributed by atoms with van der Waals surface area (Å²) in [4.78, 5) is 27.0. The number of rotatable bonds is 7. The number of hydrogen-bond acceptors (Lipinski definition) is 4. The quantitative estimate of drug-likeness (QED) is 0.758. The molecule has 2 fully saturated rings. The molecule has 2 unspecified atom stereocenters. The third-order valence-corrected chi connectivity index (χ3v) is 5.04. The van der Waals surface area contributed by atoms with E-state index >= 15 is 0 Å². The van der Waals surface area contributed by atoms with Crippen LogP contribution in [0.1, 0.15) is 24.3 Å². The van der Waals surface area contributed by atoms with Crippen molar-refractivity contribution in [1.82, 2.24) is 10.2 Å². The van der Waals surface area contributed by atoms with Crippen LogP contribution in [0.4, 0.5) is 0 Å². The van der Waals surface area contributed by atoms with Gasteiger partial charge in [0.25, 0.3) is 0 Å². The zero-order valence-electron chi connectivity index (χ0n) is 14.9. The Morgan fingerprint density at radius 3 is 2.48 bits per heavy atom. The summed E-state index contributed by atoms with van der Waals surface area (Å²) in [7, 11) is 3.24. The Hall–Kier alpha value is -2.08. The Morgan fingerprint density at radius 2 is 1.88 bits per heavy atom. The van der Waals surface area contributed by atoms with Crippen molar-refractivity contribution in [3.05, 3.63) is 29.8 Å². The SMILES string of the molecule is COCCNC(=O)C1CN(C(=O)C2CC2)CC1c1ccc(OC)cc1. The number of hydrogen-bond donors (Lipinski definition) is 1. The van der Waals surface area contributed by atoms with Gasteiger partial charge in [0.1, 0.15) is 5.75 Å². The van der Waals surface area contributed by atoms with Gasteiger partial charge in [0.15, 0.2) is 0 Å². The minimum atomic E-state index is -0.229. The molecule has 1 N–H and O–H groups in total. The summed E-state index contributed by atoms with van der Waals surface area (Å²) in [6.45, 7) is 2.06. The van der Waals surface area contributed by atoms with Crippen LogP contribution in [-0.4, -0.2) is 57.2 Å². The van der Waals surface area contributed by atoms with E-state index in [1.165, 1.54) is 0 Å². The highest BCUT2D eigenvalue weighted by Gasteiger charge is 2.43. The first-order valence-electron chi connectivity index (χ1n) is 8.83. The molecule has 1 aliphatic carbocycles. The van der Waals surface area contributed by atoms with E-state index in [-0.39, 0.29) is 29.6 Å². The zero-order valence-corrected chi connectivity index (χ0v) is 14.9. The van der Waals surface area contributed by atoms with Gasteiger partial charge in [0.05, 0.1) is 19.6 Å². The van der Waals surface area contributed by atoms with Crippen LogP contribution in [0.25, 0.3) is 0 Å². The van der Waals surface area contributed by atoms with Crippen LogP contribution in [0.3, 0.4) is 0 Å². The molecule has 6 heteroatoms. The summed E-state index contributed by atoms with van der Waals surface area (Å²) in [5, 5.41) is 2.93. The topological polar surface area (TPSA) is 67.9 Å². The fraction of sp³-hybridized carbons (Fsp3) is 0.579. The molecular weight excluding hydrogens is 320 g/mol. The standard InChI is InChI=1S/C19H26N2O4/c1-24-10-9-20-18(22)17-12-21(19(23)14-3-4-14)11-16(17)13-5-7-15(25-2)8-6-13/h5-8,14,16-17H,3-4,9-12H2,1-2H3,(H,20,22). The largest absolute Gasteiger partial charge is 0.497 e. The number of methoxy groups -OCH3 is 2. The van der Waals surface area contributed by atoms with Crippen LogP contribution in [0.2, 0.25) is 0 Å². The first-order chi connectivity index (χ1) is 12.1. The van der Waals surface area contributed by atoms with Crippen LogP contribution in [0, 0.1) is 11.8 Å². The first kappa shape index (κ1) is 17.7. The van der Waals surface area contributed by atoms with Gasteiger partial charge in [-0.3, -0.25) is 9.59 Å². The zero-order chi connectivity index (χ0) is 17.8. The summed E-state index contributed by atoms with van der Waals surface area (Å²) in [6.07, 6.45) is 1.96. The van der Waals surface area contributed by atoms with E-state index in [0.29, 0.717) is 26.2 Å². The molecule has 0 spiro atoms. The van der Waals surface area contributed by atoms with E-state index in [2.05, 4.69) is 5.32 Å². The second-order valence-electron chi connectivity index (χ2n) is 6.79. The molecule has 1 aromatic carbocycles. The average Bonchev–Trinajstić information content (AvgIpc) is 3.39. The molecule has 25 heavy (non-hydrogen) atoms. The van der Waals surface area contributed by atoms with Crippen LogP contribution >= 0.6 is 0 Å². The maximum atomic E-state index is 12.7. The van der Waals surface area contributed by atoms with Crippen LogP contribution < -0.4 is 10.1 Å². The lowest BCUT2D eigenvalue weighted by Crippen LogP contribution is -2.37. The van der Waals surface area contributed by atoms with Crippen molar-refractivity contribution < 1.29 is 19.1 Å². The van der Waals surface area contributed by atoms with Gasteiger partial charge in [-0.2, -0.15) is 0 Å². The van der Waals surface area contributed by atoms with Crippen LogP contribution in [0.5, 0.6) is 5.75 Å². The molecule has 136 valence electrons. The van der Waals surface area contributed by atoms with Crippen molar-refractivity contribution in [3.8, 4) is 5.75 Å². The lowest BCUT2D eigenvalue weighted by molar-refractivity contribution is -0.132. The Labute approximate surface area is 148 Å². The molecule has 3 rings (SSSR count). The molecule has 2 aliphatic rings. The average molecular weight is 346 g/mol. The number of carbonyl (C=O) groups is 2. The van der Waals surface area contributed by atoms with E-state index < -0.39 is 0 Å². The van der Waals surface area contributed by atoms with Gasteiger partial charge in [0, 0.05) is 38.6 Å². The second-order valence-corrected chi connectivity index (χ2v) is 6.79. The van der Waals surface area contributed by atoms with Crippen molar-refractivity contribution in [2.75, 3.05) is 40.5 Å². The Balaban J connectivity index is 1.74. The Kier molecular flexibility index (Phi) is 5.58. The molecule has 1 heterocycles. The third-order valence-electron chi connectivity index (χ3n) is 5.04. The maximum Gasteiger partial charge on any atom is 0.225 e. The second kappa shape index (κ2) is 7.87. The summed E-state index contributed by atoms with van der Waals surface area (Å²) in [5.41, 5.74) is 1.07. The molecule has 0 bridgehead atoms. The van der Waals surface area contributed by atoms with Crippen LogP contribution in [0.15, 0.2) is 24.3 Å². The summed E-state index contributed by atoms with van der Waals surface area (Å²) in [5.74, 6) is 0.930. The van der Waals surface area contributed by atoms with Gasteiger partial charge >= 0.3 is 0 Å². The van der Waals surface area contributed by atoms with Gasteiger partial charge in [-0.15, -0.1) is 0 Å². The molecule has 1 saturated carbocycles. The number of amides is 2.